The van der Waals surface area contributed by atoms with Crippen molar-refractivity contribution < 1.29 is 23.1 Å². The van der Waals surface area contributed by atoms with Crippen LogP contribution in [0.1, 0.15) is 5.56 Å². The number of ether oxygens (including phenoxy) is 1. The predicted molar refractivity (Wildman–Crippen MR) is 94.7 cm³/mol. The summed E-state index contributed by atoms with van der Waals surface area (Å²) in [5, 5.41) is 26.4. The summed E-state index contributed by atoms with van der Waals surface area (Å²) in [6.45, 7) is 0. The number of hydrogen-bond acceptors (Lipinski definition) is 6. The molecule has 0 aromatic heterocycles. The molecular formula is C17H15N3O5S. The van der Waals surface area contributed by atoms with Crippen molar-refractivity contribution in [3.05, 3.63) is 53.6 Å². The Bertz CT molecular complexity index is 1010. The van der Waals surface area contributed by atoms with E-state index < -0.39 is 15.9 Å². The van der Waals surface area contributed by atoms with Gasteiger partial charge < -0.3 is 15.2 Å². The number of phenolic OH excluding ortho intramolecular Hbond substituents is 1. The van der Waals surface area contributed by atoms with Crippen LogP contribution in [0.3, 0.4) is 0 Å². The van der Waals surface area contributed by atoms with E-state index in [9.17, 15) is 23.6 Å². The SMILES string of the molecule is COc1ccc(C=C(C#N)C(=O)Nc2ccc(S(N)(=O)=O)cc2)cc1O. The van der Waals surface area contributed by atoms with Crippen molar-refractivity contribution in [2.75, 3.05) is 12.4 Å². The molecule has 0 spiro atoms. The third kappa shape index (κ3) is 4.60. The van der Waals surface area contributed by atoms with Crippen molar-refractivity contribution in [1.29, 1.82) is 5.26 Å². The molecule has 0 unspecified atom stereocenters. The molecular weight excluding hydrogens is 358 g/mol. The smallest absolute Gasteiger partial charge is 0.266 e. The topological polar surface area (TPSA) is 143 Å². The highest BCUT2D eigenvalue weighted by Gasteiger charge is 2.12. The third-order valence-electron chi connectivity index (χ3n) is 3.32. The first-order valence-corrected chi connectivity index (χ1v) is 8.72. The number of nitrogens with one attached hydrogen (secondary N) is 1. The van der Waals surface area contributed by atoms with Crippen LogP contribution in [0.4, 0.5) is 5.69 Å². The summed E-state index contributed by atoms with van der Waals surface area (Å²) >= 11 is 0. The van der Waals surface area contributed by atoms with Crippen LogP contribution in [0.15, 0.2) is 52.9 Å². The van der Waals surface area contributed by atoms with Gasteiger partial charge in [-0.2, -0.15) is 5.26 Å². The lowest BCUT2D eigenvalue weighted by Crippen LogP contribution is -2.14. The lowest BCUT2D eigenvalue weighted by Gasteiger charge is -2.06. The molecule has 0 heterocycles. The minimum Gasteiger partial charge on any atom is -0.504 e. The zero-order valence-electron chi connectivity index (χ0n) is 13.6. The molecule has 0 aliphatic rings. The number of carbonyl (C=O) groups is 1. The number of anilines is 1. The van der Waals surface area contributed by atoms with Gasteiger partial charge in [-0.15, -0.1) is 0 Å². The van der Waals surface area contributed by atoms with Crippen LogP contribution in [0.25, 0.3) is 6.08 Å². The van der Waals surface area contributed by atoms with Gasteiger partial charge in [0.1, 0.15) is 11.6 Å². The van der Waals surface area contributed by atoms with Gasteiger partial charge >= 0.3 is 0 Å². The Morgan fingerprint density at radius 3 is 2.42 bits per heavy atom. The van der Waals surface area contributed by atoms with Gasteiger partial charge in [0.05, 0.1) is 12.0 Å². The molecule has 0 aliphatic carbocycles. The lowest BCUT2D eigenvalue weighted by molar-refractivity contribution is -0.112. The van der Waals surface area contributed by atoms with E-state index >= 15 is 0 Å². The number of nitrogens with zero attached hydrogens (tertiary/aromatic N) is 1. The van der Waals surface area contributed by atoms with Gasteiger partial charge in [-0.1, -0.05) is 6.07 Å². The van der Waals surface area contributed by atoms with Crippen molar-refractivity contribution in [2.24, 2.45) is 5.14 Å². The first-order valence-electron chi connectivity index (χ1n) is 7.17. The second-order valence-electron chi connectivity index (χ2n) is 5.12. The van der Waals surface area contributed by atoms with Gasteiger partial charge in [-0.25, -0.2) is 13.6 Å². The summed E-state index contributed by atoms with van der Waals surface area (Å²) in [5.74, 6) is -0.552. The number of carbonyl (C=O) groups excluding carboxylic acids is 1. The Morgan fingerprint density at radius 2 is 1.92 bits per heavy atom. The number of phenols is 1. The molecule has 2 aromatic rings. The molecule has 8 nitrogen and oxygen atoms in total. The Balaban J connectivity index is 2.21. The van der Waals surface area contributed by atoms with Crippen LogP contribution >= 0.6 is 0 Å². The van der Waals surface area contributed by atoms with Crippen molar-refractivity contribution in [3.8, 4) is 17.6 Å². The molecule has 26 heavy (non-hydrogen) atoms. The zero-order chi connectivity index (χ0) is 19.3. The van der Waals surface area contributed by atoms with Gasteiger partial charge in [0.2, 0.25) is 10.0 Å². The summed E-state index contributed by atoms with van der Waals surface area (Å²) in [6.07, 6.45) is 1.30. The average Bonchev–Trinajstić information content (AvgIpc) is 2.59. The molecule has 9 heteroatoms. The molecule has 0 saturated heterocycles. The van der Waals surface area contributed by atoms with E-state index in [0.717, 1.165) is 0 Å². The number of benzene rings is 2. The van der Waals surface area contributed by atoms with Crippen molar-refractivity contribution in [3.63, 3.8) is 0 Å². The Hall–Kier alpha value is -3.35. The molecule has 0 bridgehead atoms. The van der Waals surface area contributed by atoms with E-state index in [4.69, 9.17) is 9.88 Å². The van der Waals surface area contributed by atoms with Crippen molar-refractivity contribution in [2.45, 2.75) is 4.90 Å². The van der Waals surface area contributed by atoms with Crippen LogP contribution in [-0.4, -0.2) is 26.5 Å². The number of amides is 1. The highest BCUT2D eigenvalue weighted by molar-refractivity contribution is 7.89. The van der Waals surface area contributed by atoms with E-state index in [1.54, 1.807) is 12.1 Å². The van der Waals surface area contributed by atoms with Crippen LogP contribution < -0.4 is 15.2 Å². The van der Waals surface area contributed by atoms with Gasteiger partial charge in [0.25, 0.3) is 5.91 Å². The Labute approximate surface area is 150 Å². The molecule has 1 amide bonds. The standard InChI is InChI=1S/C17H15N3O5S/c1-25-16-7-2-11(9-15(16)21)8-12(10-18)17(22)20-13-3-5-14(6-4-13)26(19,23)24/h2-9,21H,1H3,(H,20,22)(H2,19,23,24). The van der Waals surface area contributed by atoms with Gasteiger partial charge in [0.15, 0.2) is 11.5 Å². The van der Waals surface area contributed by atoms with E-state index in [-0.39, 0.29) is 22.0 Å². The first kappa shape index (κ1) is 19.0. The largest absolute Gasteiger partial charge is 0.504 e. The lowest BCUT2D eigenvalue weighted by atomic mass is 10.1. The Morgan fingerprint density at radius 1 is 1.27 bits per heavy atom. The number of primary sulfonamides is 1. The summed E-state index contributed by atoms with van der Waals surface area (Å²) in [4.78, 5) is 12.1. The predicted octanol–water partition coefficient (Wildman–Crippen LogP) is 1.59. The summed E-state index contributed by atoms with van der Waals surface area (Å²) in [6, 6.07) is 11.4. The Kier molecular flexibility index (Phi) is 5.61. The number of hydrogen-bond donors (Lipinski definition) is 3. The maximum Gasteiger partial charge on any atom is 0.266 e. The quantitative estimate of drug-likeness (QED) is 0.536. The maximum absolute atomic E-state index is 12.2. The maximum atomic E-state index is 12.2. The second-order valence-corrected chi connectivity index (χ2v) is 6.69. The zero-order valence-corrected chi connectivity index (χ0v) is 14.4. The normalized spacial score (nSPS) is 11.5. The van der Waals surface area contributed by atoms with E-state index in [1.165, 1.54) is 49.6 Å². The van der Waals surface area contributed by atoms with Crippen molar-refractivity contribution >= 4 is 27.7 Å². The molecule has 0 atom stereocenters. The molecule has 4 N–H and O–H groups in total. The average molecular weight is 373 g/mol. The second kappa shape index (κ2) is 7.69. The van der Waals surface area contributed by atoms with Gasteiger partial charge in [-0.3, -0.25) is 4.79 Å². The summed E-state index contributed by atoms with van der Waals surface area (Å²) in [7, 11) is -2.43. The van der Waals surface area contributed by atoms with E-state index in [1.807, 2.05) is 0 Å². The monoisotopic (exact) mass is 373 g/mol. The third-order valence-corrected chi connectivity index (χ3v) is 4.25. The molecule has 2 aromatic carbocycles. The minimum atomic E-state index is -3.83. The summed E-state index contributed by atoms with van der Waals surface area (Å²) < 4.78 is 27.3. The molecule has 2 rings (SSSR count). The number of rotatable bonds is 5. The first-order chi connectivity index (χ1) is 12.2. The minimum absolute atomic E-state index is 0.0970. The van der Waals surface area contributed by atoms with Crippen LogP contribution in [0.2, 0.25) is 0 Å². The molecule has 0 aliphatic heterocycles. The highest BCUT2D eigenvalue weighted by atomic mass is 32.2. The van der Waals surface area contributed by atoms with Crippen LogP contribution in [0, 0.1) is 11.3 Å². The molecule has 0 saturated carbocycles. The fraction of sp³-hybridized carbons (Fsp3) is 0.0588. The number of methoxy groups -OCH3 is 1. The van der Waals surface area contributed by atoms with Crippen LogP contribution in [-0.2, 0) is 14.8 Å². The van der Waals surface area contributed by atoms with Gasteiger partial charge in [-0.05, 0) is 48.0 Å². The van der Waals surface area contributed by atoms with E-state index in [0.29, 0.717) is 11.3 Å². The summed E-state index contributed by atoms with van der Waals surface area (Å²) in [5.41, 5.74) is 0.519. The fourth-order valence-corrected chi connectivity index (χ4v) is 2.55. The van der Waals surface area contributed by atoms with E-state index in [2.05, 4.69) is 5.32 Å². The number of nitriles is 1. The van der Waals surface area contributed by atoms with Crippen molar-refractivity contribution in [1.82, 2.24) is 0 Å². The fourth-order valence-electron chi connectivity index (χ4n) is 2.04. The molecule has 0 fully saturated rings. The highest BCUT2D eigenvalue weighted by Crippen LogP contribution is 2.27. The van der Waals surface area contributed by atoms with Gasteiger partial charge in [0, 0.05) is 5.69 Å². The molecule has 134 valence electrons. The number of sulfonamides is 1. The van der Waals surface area contributed by atoms with Crippen LogP contribution in [0.5, 0.6) is 11.5 Å². The number of nitrogens with two attached hydrogens (primary N) is 1. The number of aromatic hydroxyl groups is 1. The molecule has 0 radical (unpaired) electrons.